The van der Waals surface area contributed by atoms with Crippen molar-refractivity contribution in [1.29, 1.82) is 0 Å². The fourth-order valence-corrected chi connectivity index (χ4v) is 4.99. The number of nitrogens with two attached hydrogens (primary N) is 1. The Kier molecular flexibility index (Phi) is 4.49. The van der Waals surface area contributed by atoms with E-state index in [9.17, 15) is 9.59 Å². The van der Waals surface area contributed by atoms with Crippen molar-refractivity contribution < 1.29 is 9.59 Å². The van der Waals surface area contributed by atoms with Crippen molar-refractivity contribution in [3.8, 4) is 0 Å². The van der Waals surface area contributed by atoms with E-state index in [4.69, 9.17) is 5.73 Å². The van der Waals surface area contributed by atoms with E-state index in [0.29, 0.717) is 12.1 Å². The molecule has 2 N–H and O–H groups in total. The summed E-state index contributed by atoms with van der Waals surface area (Å²) in [6.45, 7) is 5.63. The van der Waals surface area contributed by atoms with Crippen LogP contribution in [0.3, 0.4) is 0 Å². The minimum absolute atomic E-state index is 0.0739. The van der Waals surface area contributed by atoms with Gasteiger partial charge < -0.3 is 20.4 Å². The molecule has 2 amide bonds. The van der Waals surface area contributed by atoms with Crippen LogP contribution >= 0.6 is 11.3 Å². The molecule has 9 heteroatoms. The number of hydrogen-bond donors (Lipinski definition) is 1. The first-order valence-electron chi connectivity index (χ1n) is 9.32. The third-order valence-electron chi connectivity index (χ3n) is 5.32. The lowest BCUT2D eigenvalue weighted by Crippen LogP contribution is -2.36. The number of thiophene rings is 1. The lowest BCUT2D eigenvalue weighted by atomic mass is 10.0. The minimum atomic E-state index is -0.0768. The summed E-state index contributed by atoms with van der Waals surface area (Å²) in [4.78, 5) is 40.4. The molecule has 0 aliphatic carbocycles. The molecule has 0 aromatic carbocycles. The second-order valence-corrected chi connectivity index (χ2v) is 8.72. The molecule has 0 saturated carbocycles. The number of anilines is 3. The standard InChI is InChI=1S/C19H24N6O2S/c1-10(2)12-7-14(22-19(20)21-12)25-6-5-11-13(8-25)28-18-16(11)17(27)23(3)9-15(26)24(18)4/h7,10H,5-6,8-9H2,1-4H3,(H2,20,21,22). The van der Waals surface area contributed by atoms with E-state index in [0.717, 1.165) is 39.9 Å². The molecule has 2 aliphatic heterocycles. The molecule has 2 aromatic heterocycles. The number of nitrogen functional groups attached to an aromatic ring is 1. The van der Waals surface area contributed by atoms with E-state index in [1.54, 1.807) is 19.0 Å². The zero-order valence-corrected chi connectivity index (χ0v) is 17.3. The summed E-state index contributed by atoms with van der Waals surface area (Å²) in [6, 6.07) is 1.99. The maximum absolute atomic E-state index is 12.9. The Bertz CT molecular complexity index is 970. The first kappa shape index (κ1) is 18.7. The maximum Gasteiger partial charge on any atom is 0.257 e. The zero-order chi connectivity index (χ0) is 20.2. The van der Waals surface area contributed by atoms with Gasteiger partial charge in [0.25, 0.3) is 5.91 Å². The topological polar surface area (TPSA) is 95.7 Å². The molecule has 0 atom stereocenters. The van der Waals surface area contributed by atoms with Gasteiger partial charge in [0.15, 0.2) is 0 Å². The monoisotopic (exact) mass is 400 g/mol. The Morgan fingerprint density at radius 2 is 1.93 bits per heavy atom. The van der Waals surface area contributed by atoms with E-state index in [-0.39, 0.29) is 30.2 Å². The fourth-order valence-electron chi connectivity index (χ4n) is 3.66. The molecular weight excluding hydrogens is 376 g/mol. The molecule has 0 radical (unpaired) electrons. The first-order valence-corrected chi connectivity index (χ1v) is 10.1. The smallest absolute Gasteiger partial charge is 0.257 e. The van der Waals surface area contributed by atoms with Crippen LogP contribution in [0.4, 0.5) is 16.8 Å². The van der Waals surface area contributed by atoms with Gasteiger partial charge in [-0.2, -0.15) is 4.98 Å². The fraction of sp³-hybridized carbons (Fsp3) is 0.474. The van der Waals surface area contributed by atoms with E-state index in [2.05, 4.69) is 28.7 Å². The number of fused-ring (bicyclic) bond motifs is 3. The van der Waals surface area contributed by atoms with E-state index < -0.39 is 0 Å². The second-order valence-electron chi connectivity index (χ2n) is 7.63. The molecule has 0 fully saturated rings. The highest BCUT2D eigenvalue weighted by Gasteiger charge is 2.35. The molecule has 28 heavy (non-hydrogen) atoms. The Morgan fingerprint density at radius 1 is 1.18 bits per heavy atom. The molecule has 148 valence electrons. The van der Waals surface area contributed by atoms with Gasteiger partial charge in [0.1, 0.15) is 17.4 Å². The summed E-state index contributed by atoms with van der Waals surface area (Å²) in [6.07, 6.45) is 0.726. The van der Waals surface area contributed by atoms with E-state index in [1.165, 1.54) is 16.2 Å². The quantitative estimate of drug-likeness (QED) is 0.827. The van der Waals surface area contributed by atoms with Gasteiger partial charge in [0.2, 0.25) is 11.9 Å². The normalized spacial score (nSPS) is 17.1. The average Bonchev–Trinajstić information content (AvgIpc) is 3.01. The van der Waals surface area contributed by atoms with Gasteiger partial charge in [-0.25, -0.2) is 4.98 Å². The van der Waals surface area contributed by atoms with Gasteiger partial charge in [0, 0.05) is 31.6 Å². The van der Waals surface area contributed by atoms with Gasteiger partial charge in [0.05, 0.1) is 17.8 Å². The summed E-state index contributed by atoms with van der Waals surface area (Å²) in [5.74, 6) is 1.19. The van der Waals surface area contributed by atoms with Crippen molar-refractivity contribution in [2.24, 2.45) is 0 Å². The van der Waals surface area contributed by atoms with Crippen molar-refractivity contribution in [3.05, 3.63) is 27.8 Å². The Morgan fingerprint density at radius 3 is 2.64 bits per heavy atom. The summed E-state index contributed by atoms with van der Waals surface area (Å²) in [5.41, 5.74) is 8.57. The molecule has 0 bridgehead atoms. The number of hydrogen-bond acceptors (Lipinski definition) is 7. The van der Waals surface area contributed by atoms with Gasteiger partial charge >= 0.3 is 0 Å². The third-order valence-corrected chi connectivity index (χ3v) is 6.61. The van der Waals surface area contributed by atoms with Crippen LogP contribution in [0.1, 0.15) is 46.3 Å². The molecule has 0 unspecified atom stereocenters. The van der Waals surface area contributed by atoms with Crippen molar-refractivity contribution >= 4 is 39.9 Å². The van der Waals surface area contributed by atoms with Gasteiger partial charge in [-0.1, -0.05) is 13.8 Å². The van der Waals surface area contributed by atoms with E-state index in [1.807, 2.05) is 6.07 Å². The summed E-state index contributed by atoms with van der Waals surface area (Å²) < 4.78 is 0. The SMILES string of the molecule is CC(C)c1cc(N2CCc3c(sc4c3C(=O)N(C)CC(=O)N4C)C2)nc(N)n1. The second kappa shape index (κ2) is 6.73. The molecule has 2 aliphatic rings. The van der Waals surface area contributed by atoms with Crippen LogP contribution in [0.2, 0.25) is 0 Å². The summed E-state index contributed by atoms with van der Waals surface area (Å²) >= 11 is 1.52. The van der Waals surface area contributed by atoms with Crippen LogP contribution in [-0.2, 0) is 17.8 Å². The number of carbonyl (C=O) groups is 2. The lowest BCUT2D eigenvalue weighted by Gasteiger charge is -2.29. The molecule has 2 aromatic rings. The van der Waals surface area contributed by atoms with Crippen LogP contribution in [0.25, 0.3) is 0 Å². The maximum atomic E-state index is 12.9. The number of likely N-dealkylation sites (N-methyl/N-ethyl adjacent to an activating group) is 2. The number of rotatable bonds is 2. The largest absolute Gasteiger partial charge is 0.368 e. The molecule has 0 saturated heterocycles. The summed E-state index contributed by atoms with van der Waals surface area (Å²) in [7, 11) is 3.42. The molecule has 0 spiro atoms. The average molecular weight is 401 g/mol. The Labute approximate surface area is 168 Å². The van der Waals surface area contributed by atoms with Crippen LogP contribution in [0, 0.1) is 0 Å². The van der Waals surface area contributed by atoms with Gasteiger partial charge in [-0.05, 0) is 17.9 Å². The summed E-state index contributed by atoms with van der Waals surface area (Å²) in [5, 5.41) is 0.747. The number of nitrogens with zero attached hydrogens (tertiary/aromatic N) is 5. The third kappa shape index (κ3) is 2.99. The first-order chi connectivity index (χ1) is 13.3. The highest BCUT2D eigenvalue weighted by atomic mass is 32.1. The number of aromatic nitrogens is 2. The zero-order valence-electron chi connectivity index (χ0n) is 16.5. The highest BCUT2D eigenvalue weighted by Crippen LogP contribution is 2.41. The number of amides is 2. The van der Waals surface area contributed by atoms with Crippen LogP contribution in [-0.4, -0.2) is 53.9 Å². The molecule has 4 rings (SSSR count). The molecule has 4 heterocycles. The highest BCUT2D eigenvalue weighted by molar-refractivity contribution is 7.17. The molecule has 8 nitrogen and oxygen atoms in total. The van der Waals surface area contributed by atoms with E-state index >= 15 is 0 Å². The van der Waals surface area contributed by atoms with Crippen molar-refractivity contribution in [2.45, 2.75) is 32.7 Å². The van der Waals surface area contributed by atoms with Gasteiger partial charge in [-0.15, -0.1) is 11.3 Å². The number of carbonyl (C=O) groups excluding carboxylic acids is 2. The van der Waals surface area contributed by atoms with Crippen molar-refractivity contribution in [2.75, 3.05) is 42.7 Å². The lowest BCUT2D eigenvalue weighted by molar-refractivity contribution is -0.118. The Balaban J connectivity index is 1.72. The molecular formula is C19H24N6O2S. The van der Waals surface area contributed by atoms with Crippen molar-refractivity contribution in [1.82, 2.24) is 14.9 Å². The van der Waals surface area contributed by atoms with Crippen LogP contribution in [0.15, 0.2) is 6.07 Å². The van der Waals surface area contributed by atoms with Crippen molar-refractivity contribution in [3.63, 3.8) is 0 Å². The van der Waals surface area contributed by atoms with Crippen LogP contribution in [0.5, 0.6) is 0 Å². The minimum Gasteiger partial charge on any atom is -0.368 e. The van der Waals surface area contributed by atoms with Gasteiger partial charge in [-0.3, -0.25) is 9.59 Å². The predicted octanol–water partition coefficient (Wildman–Crippen LogP) is 1.85. The Hall–Kier alpha value is -2.68. The van der Waals surface area contributed by atoms with Crippen LogP contribution < -0.4 is 15.5 Å². The predicted molar refractivity (Wildman–Crippen MR) is 110 cm³/mol.